The van der Waals surface area contributed by atoms with Crippen LogP contribution in [0, 0.1) is 13.8 Å². The minimum atomic E-state index is 0.114. The van der Waals surface area contributed by atoms with Gasteiger partial charge in [0.1, 0.15) is 0 Å². The number of carbonyl (C=O) groups excluding carboxylic acids is 1. The molecule has 0 radical (unpaired) electrons. The summed E-state index contributed by atoms with van der Waals surface area (Å²) >= 11 is 0. The molecule has 0 saturated heterocycles. The Morgan fingerprint density at radius 1 is 0.778 bits per heavy atom. The van der Waals surface area contributed by atoms with Crippen LogP contribution in [0.25, 0.3) is 22.2 Å². The average molecular weight is 352 g/mol. The highest BCUT2D eigenvalue weighted by atomic mass is 16.1. The zero-order chi connectivity index (χ0) is 18.8. The number of hydrogen-bond acceptors (Lipinski definition) is 1. The minimum Gasteiger partial charge on any atom is -0.287 e. The van der Waals surface area contributed by atoms with E-state index in [0.29, 0.717) is 6.54 Å². The lowest BCUT2D eigenvalue weighted by molar-refractivity contribution is -0.646. The van der Waals surface area contributed by atoms with Gasteiger partial charge in [0, 0.05) is 28.6 Å². The maximum atomic E-state index is 13.0. The molecule has 0 bridgehead atoms. The van der Waals surface area contributed by atoms with Crippen LogP contribution < -0.4 is 4.57 Å². The number of hydrogen-bond donors (Lipinski definition) is 0. The van der Waals surface area contributed by atoms with Gasteiger partial charge in [0.05, 0.1) is 0 Å². The van der Waals surface area contributed by atoms with E-state index in [-0.39, 0.29) is 5.78 Å². The van der Waals surface area contributed by atoms with E-state index >= 15 is 0 Å². The molecule has 0 amide bonds. The molecule has 4 rings (SSSR count). The van der Waals surface area contributed by atoms with Gasteiger partial charge in [-0.15, -0.1) is 0 Å². The third-order valence-corrected chi connectivity index (χ3v) is 5.22. The summed E-state index contributed by atoms with van der Waals surface area (Å²) in [7, 11) is 0. The Kier molecular flexibility index (Phi) is 4.55. The molecule has 0 fully saturated rings. The molecular formula is C25H22NO+. The maximum absolute atomic E-state index is 13.0. The van der Waals surface area contributed by atoms with E-state index in [4.69, 9.17) is 0 Å². The maximum Gasteiger partial charge on any atom is 0.227 e. The zero-order valence-corrected chi connectivity index (χ0v) is 15.6. The Balaban J connectivity index is 1.91. The van der Waals surface area contributed by atoms with Crippen molar-refractivity contribution in [3.8, 4) is 11.3 Å². The summed E-state index contributed by atoms with van der Waals surface area (Å²) in [5.74, 6) is 0.114. The molecule has 0 spiro atoms. The molecule has 0 aliphatic heterocycles. The number of benzene rings is 3. The predicted molar refractivity (Wildman–Crippen MR) is 110 cm³/mol. The van der Waals surface area contributed by atoms with Crippen LogP contribution in [0.1, 0.15) is 21.5 Å². The van der Waals surface area contributed by atoms with E-state index in [2.05, 4.69) is 60.9 Å². The Morgan fingerprint density at radius 2 is 1.52 bits per heavy atom. The number of rotatable bonds is 4. The van der Waals surface area contributed by atoms with Crippen LogP contribution in [0.5, 0.6) is 0 Å². The third-order valence-electron chi connectivity index (χ3n) is 5.22. The fraction of sp³-hybridized carbons (Fsp3) is 0.120. The molecular weight excluding hydrogens is 330 g/mol. The molecule has 2 nitrogen and oxygen atoms in total. The van der Waals surface area contributed by atoms with Crippen LogP contribution >= 0.6 is 0 Å². The molecule has 0 aliphatic rings. The average Bonchev–Trinajstić information content (AvgIpc) is 2.71. The minimum absolute atomic E-state index is 0.114. The summed E-state index contributed by atoms with van der Waals surface area (Å²) in [5.41, 5.74) is 6.54. The largest absolute Gasteiger partial charge is 0.287 e. The van der Waals surface area contributed by atoms with Gasteiger partial charge in [0.15, 0.2) is 0 Å². The number of nitrogens with zero attached hydrogens (tertiary/aromatic N) is 1. The van der Waals surface area contributed by atoms with Gasteiger partial charge < -0.3 is 0 Å². The normalized spacial score (nSPS) is 10.9. The third kappa shape index (κ3) is 3.26. The van der Waals surface area contributed by atoms with Gasteiger partial charge in [-0.05, 0) is 43.2 Å². The first-order valence-corrected chi connectivity index (χ1v) is 9.21. The Bertz CT molecular complexity index is 1130. The van der Waals surface area contributed by atoms with Crippen molar-refractivity contribution in [3.05, 3.63) is 102 Å². The van der Waals surface area contributed by atoms with Crippen molar-refractivity contribution in [1.29, 1.82) is 0 Å². The fourth-order valence-corrected chi connectivity index (χ4v) is 3.56. The lowest BCUT2D eigenvalue weighted by atomic mass is 9.99. The molecule has 4 aromatic rings. The SMILES string of the molecule is Cc1cccc(-c2ccc3ccccc3[n+]2CC(=O)c2ccccc2)c1C. The van der Waals surface area contributed by atoms with Crippen LogP contribution in [0.3, 0.4) is 0 Å². The smallest absolute Gasteiger partial charge is 0.227 e. The first kappa shape index (κ1) is 17.2. The second-order valence-electron chi connectivity index (χ2n) is 6.90. The van der Waals surface area contributed by atoms with Crippen molar-refractivity contribution in [2.75, 3.05) is 0 Å². The summed E-state index contributed by atoms with van der Waals surface area (Å²) in [4.78, 5) is 13.0. The van der Waals surface area contributed by atoms with E-state index in [0.717, 1.165) is 22.2 Å². The van der Waals surface area contributed by atoms with E-state index in [1.807, 2.05) is 42.5 Å². The van der Waals surface area contributed by atoms with E-state index in [9.17, 15) is 4.79 Å². The Morgan fingerprint density at radius 3 is 2.33 bits per heavy atom. The van der Waals surface area contributed by atoms with Gasteiger partial charge in [0.2, 0.25) is 23.5 Å². The van der Waals surface area contributed by atoms with Crippen LogP contribution in [0.4, 0.5) is 0 Å². The highest BCUT2D eigenvalue weighted by molar-refractivity contribution is 5.95. The van der Waals surface area contributed by atoms with Gasteiger partial charge in [-0.25, -0.2) is 0 Å². The summed E-state index contributed by atoms with van der Waals surface area (Å²) in [6.45, 7) is 4.58. The van der Waals surface area contributed by atoms with E-state index in [1.54, 1.807) is 0 Å². The summed E-state index contributed by atoms with van der Waals surface area (Å²) in [6, 6.07) is 28.3. The highest BCUT2D eigenvalue weighted by Crippen LogP contribution is 2.25. The van der Waals surface area contributed by atoms with Crippen molar-refractivity contribution < 1.29 is 9.36 Å². The van der Waals surface area contributed by atoms with Crippen LogP contribution in [-0.2, 0) is 6.54 Å². The molecule has 0 N–H and O–H groups in total. The standard InChI is InChI=1S/C25H22NO/c1-18-9-8-13-22(19(18)2)24-16-15-20-10-6-7-14-23(20)26(24)17-25(27)21-11-4-3-5-12-21/h3-16H,17H2,1-2H3/q+1. The Hall–Kier alpha value is -3.26. The van der Waals surface area contributed by atoms with Crippen molar-refractivity contribution in [1.82, 2.24) is 0 Å². The van der Waals surface area contributed by atoms with E-state index < -0.39 is 0 Å². The number of aryl methyl sites for hydroxylation is 1. The molecule has 1 aromatic heterocycles. The summed E-state index contributed by atoms with van der Waals surface area (Å²) < 4.78 is 2.15. The molecule has 27 heavy (non-hydrogen) atoms. The van der Waals surface area contributed by atoms with Crippen LogP contribution in [0.2, 0.25) is 0 Å². The number of pyridine rings is 1. The number of ketones is 1. The van der Waals surface area contributed by atoms with Crippen molar-refractivity contribution in [3.63, 3.8) is 0 Å². The van der Waals surface area contributed by atoms with Gasteiger partial charge in [-0.3, -0.25) is 4.79 Å². The highest BCUT2D eigenvalue weighted by Gasteiger charge is 2.22. The van der Waals surface area contributed by atoms with Crippen molar-refractivity contribution >= 4 is 16.7 Å². The molecule has 0 aliphatic carbocycles. The number of fused-ring (bicyclic) bond motifs is 1. The predicted octanol–water partition coefficient (Wildman–Crippen LogP) is 5.29. The molecule has 1 heterocycles. The van der Waals surface area contributed by atoms with Crippen molar-refractivity contribution in [2.24, 2.45) is 0 Å². The molecule has 132 valence electrons. The molecule has 2 heteroatoms. The zero-order valence-electron chi connectivity index (χ0n) is 15.6. The lowest BCUT2D eigenvalue weighted by Crippen LogP contribution is -2.41. The van der Waals surface area contributed by atoms with E-state index in [1.165, 1.54) is 16.7 Å². The molecule has 0 atom stereocenters. The van der Waals surface area contributed by atoms with Crippen LogP contribution in [0.15, 0.2) is 84.9 Å². The number of carbonyl (C=O) groups is 1. The second kappa shape index (κ2) is 7.16. The van der Waals surface area contributed by atoms with Crippen LogP contribution in [-0.4, -0.2) is 5.78 Å². The topological polar surface area (TPSA) is 20.9 Å². The fourth-order valence-electron chi connectivity index (χ4n) is 3.56. The monoisotopic (exact) mass is 352 g/mol. The summed E-state index contributed by atoms with van der Waals surface area (Å²) in [5, 5.41) is 1.13. The summed E-state index contributed by atoms with van der Waals surface area (Å²) in [6.07, 6.45) is 0. The van der Waals surface area contributed by atoms with Gasteiger partial charge in [-0.2, -0.15) is 4.57 Å². The first-order chi connectivity index (χ1) is 13.1. The van der Waals surface area contributed by atoms with Gasteiger partial charge in [-0.1, -0.05) is 54.6 Å². The number of aromatic nitrogens is 1. The number of Topliss-reactive ketones (excluding diaryl/α,β-unsaturated/α-hetero) is 1. The molecule has 0 saturated carbocycles. The Labute approximate surface area is 159 Å². The lowest BCUT2D eigenvalue weighted by Gasteiger charge is -2.11. The molecule has 3 aromatic carbocycles. The second-order valence-corrected chi connectivity index (χ2v) is 6.90. The molecule has 0 unspecified atom stereocenters. The van der Waals surface area contributed by atoms with Gasteiger partial charge >= 0.3 is 0 Å². The quantitative estimate of drug-likeness (QED) is 0.361. The van der Waals surface area contributed by atoms with Crippen molar-refractivity contribution in [2.45, 2.75) is 20.4 Å². The van der Waals surface area contributed by atoms with Gasteiger partial charge in [0.25, 0.3) is 0 Å². The first-order valence-electron chi connectivity index (χ1n) is 9.21. The number of para-hydroxylation sites is 1.